The first kappa shape index (κ1) is 14.0. The molecule has 14 heavy (non-hydrogen) atoms. The van der Waals surface area contributed by atoms with Crippen molar-refractivity contribution >= 4 is 0 Å². The van der Waals surface area contributed by atoms with Crippen LogP contribution in [0.2, 0.25) is 0 Å². The molecule has 0 aliphatic heterocycles. The van der Waals surface area contributed by atoms with Crippen LogP contribution in [0.1, 0.15) is 79.1 Å². The van der Waals surface area contributed by atoms with E-state index in [0.717, 1.165) is 11.8 Å². The zero-order valence-electron chi connectivity index (χ0n) is 9.52. The van der Waals surface area contributed by atoms with Crippen molar-refractivity contribution < 1.29 is 0 Å². The van der Waals surface area contributed by atoms with E-state index in [1.165, 1.54) is 57.8 Å². The van der Waals surface area contributed by atoms with Crippen LogP contribution < -0.4 is 0 Å². The van der Waals surface area contributed by atoms with Crippen molar-refractivity contribution in [3.05, 3.63) is 0 Å². The minimum absolute atomic E-state index is 0. The summed E-state index contributed by atoms with van der Waals surface area (Å²) in [5, 5.41) is 0. The number of hydrogen-bond donors (Lipinski definition) is 0. The molecule has 0 unspecified atom stereocenters. The normalized spacial score (nSPS) is 18.2. The van der Waals surface area contributed by atoms with Gasteiger partial charge in [-0.25, -0.2) is 0 Å². The summed E-state index contributed by atoms with van der Waals surface area (Å²) in [5.41, 5.74) is 0. The second-order valence-corrected chi connectivity index (χ2v) is 4.74. The Morgan fingerprint density at radius 2 is 1.43 bits per heavy atom. The summed E-state index contributed by atoms with van der Waals surface area (Å²) in [6.45, 7) is 4.68. The van der Waals surface area contributed by atoms with E-state index in [2.05, 4.69) is 13.8 Å². The van der Waals surface area contributed by atoms with Gasteiger partial charge in [0.05, 0.1) is 0 Å². The summed E-state index contributed by atoms with van der Waals surface area (Å²) in [6.07, 6.45) is 13.3. The van der Waals surface area contributed by atoms with Crippen LogP contribution in [0, 0.1) is 11.8 Å². The third-order valence-corrected chi connectivity index (χ3v) is 3.64. The van der Waals surface area contributed by atoms with Gasteiger partial charge < -0.3 is 0 Å². The summed E-state index contributed by atoms with van der Waals surface area (Å²) in [6, 6.07) is 0. The van der Waals surface area contributed by atoms with Crippen LogP contribution in [0.25, 0.3) is 0 Å². The molecular weight excluding hydrogens is 168 g/mol. The second kappa shape index (κ2) is 8.32. The molecule has 0 radical (unpaired) electrons. The molecule has 86 valence electrons. The molecule has 0 saturated heterocycles. The Labute approximate surface area is 91.5 Å². The maximum Gasteiger partial charge on any atom is -0.0386 e. The van der Waals surface area contributed by atoms with Crippen LogP contribution in [0.5, 0.6) is 0 Å². The third kappa shape index (κ3) is 4.48. The third-order valence-electron chi connectivity index (χ3n) is 3.64. The fourth-order valence-electron chi connectivity index (χ4n) is 2.96. The van der Waals surface area contributed by atoms with E-state index in [4.69, 9.17) is 0 Å². The molecule has 0 heterocycles. The molecular formula is C14H30. The van der Waals surface area contributed by atoms with Crippen molar-refractivity contribution in [2.45, 2.75) is 79.1 Å². The first-order valence-electron chi connectivity index (χ1n) is 6.38. The van der Waals surface area contributed by atoms with E-state index in [1.54, 1.807) is 0 Å². The minimum Gasteiger partial charge on any atom is -0.0776 e. The smallest absolute Gasteiger partial charge is 0.0386 e. The summed E-state index contributed by atoms with van der Waals surface area (Å²) in [4.78, 5) is 0. The van der Waals surface area contributed by atoms with Gasteiger partial charge >= 0.3 is 0 Å². The molecule has 1 fully saturated rings. The predicted molar refractivity (Wildman–Crippen MR) is 66.6 cm³/mol. The summed E-state index contributed by atoms with van der Waals surface area (Å²) >= 11 is 0. The monoisotopic (exact) mass is 198 g/mol. The maximum atomic E-state index is 2.34. The molecule has 0 nitrogen and oxygen atoms in total. The maximum absolute atomic E-state index is 2.34. The van der Waals surface area contributed by atoms with Gasteiger partial charge in [0.1, 0.15) is 0 Å². The molecule has 0 aromatic rings. The topological polar surface area (TPSA) is 0 Å². The first-order valence-corrected chi connectivity index (χ1v) is 6.38. The molecule has 0 aromatic heterocycles. The molecule has 0 heteroatoms. The molecule has 0 aromatic carbocycles. The molecule has 0 N–H and O–H groups in total. The van der Waals surface area contributed by atoms with Gasteiger partial charge in [-0.2, -0.15) is 0 Å². The van der Waals surface area contributed by atoms with Gasteiger partial charge in [-0.15, -0.1) is 0 Å². The fourth-order valence-corrected chi connectivity index (χ4v) is 2.96. The van der Waals surface area contributed by atoms with Crippen molar-refractivity contribution in [3.63, 3.8) is 0 Å². The molecule has 0 bridgehead atoms. The van der Waals surface area contributed by atoms with Crippen LogP contribution in [0.4, 0.5) is 0 Å². The Hall–Kier alpha value is 0. The molecule has 0 amide bonds. The fraction of sp³-hybridized carbons (Fsp3) is 1.00. The highest BCUT2D eigenvalue weighted by Crippen LogP contribution is 2.34. The molecule has 1 rings (SSSR count). The lowest BCUT2D eigenvalue weighted by molar-refractivity contribution is 0.222. The molecule has 0 spiro atoms. The highest BCUT2D eigenvalue weighted by molar-refractivity contribution is 4.73. The Morgan fingerprint density at radius 3 is 1.86 bits per heavy atom. The minimum atomic E-state index is 0. The zero-order valence-corrected chi connectivity index (χ0v) is 9.52. The van der Waals surface area contributed by atoms with E-state index in [0.29, 0.717) is 0 Å². The van der Waals surface area contributed by atoms with Crippen molar-refractivity contribution in [2.75, 3.05) is 0 Å². The van der Waals surface area contributed by atoms with E-state index in [1.807, 2.05) is 0 Å². The number of rotatable bonds is 5. The lowest BCUT2D eigenvalue weighted by Crippen LogP contribution is -2.17. The van der Waals surface area contributed by atoms with Crippen LogP contribution in [-0.4, -0.2) is 0 Å². The van der Waals surface area contributed by atoms with Crippen LogP contribution in [0.15, 0.2) is 0 Å². The Bertz CT molecular complexity index is 105. The molecule has 1 aliphatic rings. The van der Waals surface area contributed by atoms with Crippen molar-refractivity contribution in [2.24, 2.45) is 11.8 Å². The van der Waals surface area contributed by atoms with Gasteiger partial charge in [-0.05, 0) is 11.8 Å². The van der Waals surface area contributed by atoms with Gasteiger partial charge in [0.2, 0.25) is 0 Å². The van der Waals surface area contributed by atoms with E-state index in [9.17, 15) is 0 Å². The standard InChI is InChI=1S/C13H26.CH4/c1-3-8-12(9-4-2)13-10-6-5-7-11-13;/h12-13H,3-11H2,1-2H3;1H4. The molecule has 0 atom stereocenters. The Balaban J connectivity index is 0.00000169. The van der Waals surface area contributed by atoms with Crippen LogP contribution in [-0.2, 0) is 0 Å². The number of hydrogen-bond acceptors (Lipinski definition) is 0. The second-order valence-electron chi connectivity index (χ2n) is 4.74. The van der Waals surface area contributed by atoms with E-state index in [-0.39, 0.29) is 7.43 Å². The van der Waals surface area contributed by atoms with E-state index < -0.39 is 0 Å². The molecule has 1 saturated carbocycles. The van der Waals surface area contributed by atoms with Gasteiger partial charge in [0, 0.05) is 0 Å². The SMILES string of the molecule is C.CCCC(CCC)C1CCCCC1. The summed E-state index contributed by atoms with van der Waals surface area (Å²) in [7, 11) is 0. The average Bonchev–Trinajstić information content (AvgIpc) is 2.19. The summed E-state index contributed by atoms with van der Waals surface area (Å²) in [5.74, 6) is 2.16. The first-order chi connectivity index (χ1) is 6.38. The largest absolute Gasteiger partial charge is 0.0776 e. The quantitative estimate of drug-likeness (QED) is 0.553. The predicted octanol–water partition coefficient (Wildman–Crippen LogP) is 5.42. The highest BCUT2D eigenvalue weighted by atomic mass is 14.3. The van der Waals surface area contributed by atoms with Crippen molar-refractivity contribution in [3.8, 4) is 0 Å². The van der Waals surface area contributed by atoms with Crippen molar-refractivity contribution in [1.29, 1.82) is 0 Å². The highest BCUT2D eigenvalue weighted by Gasteiger charge is 2.21. The average molecular weight is 198 g/mol. The van der Waals surface area contributed by atoms with Crippen LogP contribution in [0.3, 0.4) is 0 Å². The lowest BCUT2D eigenvalue weighted by atomic mass is 9.76. The lowest BCUT2D eigenvalue weighted by Gasteiger charge is -2.30. The van der Waals surface area contributed by atoms with Gasteiger partial charge in [0.25, 0.3) is 0 Å². The van der Waals surface area contributed by atoms with Crippen molar-refractivity contribution in [1.82, 2.24) is 0 Å². The van der Waals surface area contributed by atoms with Gasteiger partial charge in [-0.3, -0.25) is 0 Å². The Morgan fingerprint density at radius 1 is 0.929 bits per heavy atom. The Kier molecular flexibility index (Phi) is 8.32. The summed E-state index contributed by atoms with van der Waals surface area (Å²) < 4.78 is 0. The van der Waals surface area contributed by atoms with Gasteiger partial charge in [-0.1, -0.05) is 79.1 Å². The van der Waals surface area contributed by atoms with Crippen LogP contribution >= 0.6 is 0 Å². The molecule has 1 aliphatic carbocycles. The van der Waals surface area contributed by atoms with E-state index >= 15 is 0 Å². The van der Waals surface area contributed by atoms with Gasteiger partial charge in [0.15, 0.2) is 0 Å². The zero-order chi connectivity index (χ0) is 9.52.